The zero-order valence-corrected chi connectivity index (χ0v) is 12.0. The van der Waals surface area contributed by atoms with Crippen molar-refractivity contribution in [2.75, 3.05) is 18.4 Å². The molecule has 23 heavy (non-hydrogen) atoms. The number of carboxylic acid groups (broad SMARTS) is 1. The molecule has 2 unspecified atom stereocenters. The highest BCUT2D eigenvalue weighted by atomic mass is 19.1. The number of likely N-dealkylation sites (tertiary alicyclic amines) is 1. The van der Waals surface area contributed by atoms with E-state index in [9.17, 15) is 23.2 Å². The molecule has 1 aromatic carbocycles. The van der Waals surface area contributed by atoms with E-state index < -0.39 is 41.7 Å². The predicted octanol–water partition coefficient (Wildman–Crippen LogP) is 1.28. The van der Waals surface area contributed by atoms with Crippen molar-refractivity contribution in [1.29, 1.82) is 0 Å². The minimum Gasteiger partial charge on any atom is -0.479 e. The molecule has 0 saturated carbocycles. The van der Waals surface area contributed by atoms with E-state index in [0.29, 0.717) is 5.56 Å². The Hall–Kier alpha value is -2.51. The number of benzene rings is 1. The lowest BCUT2D eigenvalue weighted by molar-refractivity contribution is -0.150. The van der Waals surface area contributed by atoms with Crippen molar-refractivity contribution in [2.45, 2.75) is 24.4 Å². The van der Waals surface area contributed by atoms with Crippen molar-refractivity contribution in [3.63, 3.8) is 0 Å². The highest BCUT2D eigenvalue weighted by molar-refractivity contribution is 6.01. The molecule has 2 heterocycles. The number of rotatable bonds is 2. The Morgan fingerprint density at radius 3 is 2.78 bits per heavy atom. The molecule has 1 fully saturated rings. The van der Waals surface area contributed by atoms with E-state index in [1.165, 1.54) is 12.1 Å². The Morgan fingerprint density at radius 2 is 2.13 bits per heavy atom. The minimum absolute atomic E-state index is 0.0315. The highest BCUT2D eigenvalue weighted by Gasteiger charge is 2.48. The molecule has 3 rings (SSSR count). The van der Waals surface area contributed by atoms with Crippen LogP contribution in [0.5, 0.6) is 0 Å². The lowest BCUT2D eigenvalue weighted by Gasteiger charge is -2.28. The molecule has 1 aromatic rings. The van der Waals surface area contributed by atoms with Crippen LogP contribution in [0.25, 0.3) is 0 Å². The summed E-state index contributed by atoms with van der Waals surface area (Å²) in [5.41, 5.74) is -1.80. The molecule has 0 radical (unpaired) electrons. The van der Waals surface area contributed by atoms with Gasteiger partial charge in [0.25, 0.3) is 0 Å². The zero-order chi connectivity index (χ0) is 16.8. The number of alkyl halides is 1. The number of nitrogens with zero attached hydrogens (tertiary/aromatic N) is 1. The predicted molar refractivity (Wildman–Crippen MR) is 75.1 cm³/mol. The van der Waals surface area contributed by atoms with E-state index in [1.54, 1.807) is 0 Å². The molecule has 2 aliphatic heterocycles. The van der Waals surface area contributed by atoms with Gasteiger partial charge in [-0.2, -0.15) is 0 Å². The largest absolute Gasteiger partial charge is 0.479 e. The monoisotopic (exact) mass is 324 g/mol. The van der Waals surface area contributed by atoms with Crippen molar-refractivity contribution in [1.82, 2.24) is 4.90 Å². The lowest BCUT2D eigenvalue weighted by atomic mass is 9.89. The average Bonchev–Trinajstić information content (AvgIpc) is 2.89. The summed E-state index contributed by atoms with van der Waals surface area (Å²) in [6, 6.07) is 3.70. The van der Waals surface area contributed by atoms with Crippen LogP contribution in [-0.4, -0.2) is 46.5 Å². The summed E-state index contributed by atoms with van der Waals surface area (Å²) in [5.74, 6) is -3.97. The summed E-state index contributed by atoms with van der Waals surface area (Å²) < 4.78 is 27.4. The summed E-state index contributed by atoms with van der Waals surface area (Å²) in [6.07, 6.45) is -0.427. The minimum atomic E-state index is -2.46. The van der Waals surface area contributed by atoms with E-state index >= 15 is 0 Å². The molecule has 2 aliphatic rings. The number of carbonyl (C=O) groups excluding carboxylic acids is 2. The van der Waals surface area contributed by atoms with E-state index in [2.05, 4.69) is 5.32 Å². The lowest BCUT2D eigenvalue weighted by Crippen LogP contribution is -2.41. The van der Waals surface area contributed by atoms with Crippen LogP contribution in [0, 0.1) is 5.82 Å². The van der Waals surface area contributed by atoms with Gasteiger partial charge in [0.05, 0.1) is 12.5 Å². The van der Waals surface area contributed by atoms with E-state index in [0.717, 1.165) is 11.0 Å². The number of hydrogen-bond acceptors (Lipinski definition) is 3. The quantitative estimate of drug-likeness (QED) is 0.858. The van der Waals surface area contributed by atoms with Crippen LogP contribution in [0.4, 0.5) is 14.5 Å². The Bertz CT molecular complexity index is 709. The van der Waals surface area contributed by atoms with Crippen LogP contribution < -0.4 is 5.32 Å². The van der Waals surface area contributed by atoms with E-state index in [-0.39, 0.29) is 25.1 Å². The van der Waals surface area contributed by atoms with Gasteiger partial charge in [0.1, 0.15) is 5.82 Å². The van der Waals surface area contributed by atoms with Gasteiger partial charge < -0.3 is 15.3 Å². The number of hydrogen-bond donors (Lipinski definition) is 2. The molecule has 0 aliphatic carbocycles. The molecule has 2 atom stereocenters. The third kappa shape index (κ3) is 2.64. The molecule has 0 bridgehead atoms. The molecular formula is C15H14F2N2O4. The second-order valence-electron chi connectivity index (χ2n) is 5.82. The van der Waals surface area contributed by atoms with Crippen LogP contribution in [-0.2, 0) is 14.4 Å². The average molecular weight is 324 g/mol. The first kappa shape index (κ1) is 15.4. The number of aliphatic carboxylic acids is 1. The van der Waals surface area contributed by atoms with Gasteiger partial charge in [-0.25, -0.2) is 13.6 Å². The summed E-state index contributed by atoms with van der Waals surface area (Å²) >= 11 is 0. The van der Waals surface area contributed by atoms with Gasteiger partial charge in [-0.15, -0.1) is 0 Å². The maximum absolute atomic E-state index is 14.1. The van der Waals surface area contributed by atoms with Crippen LogP contribution in [0.15, 0.2) is 18.2 Å². The van der Waals surface area contributed by atoms with Gasteiger partial charge >= 0.3 is 5.97 Å². The van der Waals surface area contributed by atoms with Crippen LogP contribution >= 0.6 is 0 Å². The number of nitrogens with one attached hydrogen (secondary N) is 1. The second-order valence-corrected chi connectivity index (χ2v) is 5.82. The molecule has 122 valence electrons. The standard InChI is InChI=1S/C15H14F2N2O4/c16-8-1-2-9-10(6-12(20)18-11(9)5-8)13(21)19-4-3-15(17,7-19)14(22)23/h1-2,5,10H,3-4,6-7H2,(H,18,20)(H,22,23). The Balaban J connectivity index is 1.87. The second kappa shape index (κ2) is 5.29. The third-order valence-corrected chi connectivity index (χ3v) is 4.27. The number of carboxylic acids is 1. The fourth-order valence-electron chi connectivity index (χ4n) is 3.01. The van der Waals surface area contributed by atoms with Gasteiger partial charge in [-0.3, -0.25) is 9.59 Å². The summed E-state index contributed by atoms with van der Waals surface area (Å²) in [5, 5.41) is 11.4. The fraction of sp³-hybridized carbons (Fsp3) is 0.400. The van der Waals surface area contributed by atoms with Crippen LogP contribution in [0.1, 0.15) is 24.3 Å². The zero-order valence-electron chi connectivity index (χ0n) is 12.0. The number of fused-ring (bicyclic) bond motifs is 1. The van der Waals surface area contributed by atoms with Gasteiger partial charge in [0, 0.05) is 25.1 Å². The molecular weight excluding hydrogens is 310 g/mol. The smallest absolute Gasteiger partial charge is 0.343 e. The summed E-state index contributed by atoms with van der Waals surface area (Å²) in [6.45, 7) is -0.577. The molecule has 6 nitrogen and oxygen atoms in total. The first-order chi connectivity index (χ1) is 10.8. The van der Waals surface area contributed by atoms with Crippen molar-refractivity contribution >= 4 is 23.5 Å². The van der Waals surface area contributed by atoms with Crippen LogP contribution in [0.2, 0.25) is 0 Å². The first-order valence-electron chi connectivity index (χ1n) is 7.10. The Morgan fingerprint density at radius 1 is 1.39 bits per heavy atom. The summed E-state index contributed by atoms with van der Waals surface area (Å²) in [4.78, 5) is 36.4. The number of anilines is 1. The van der Waals surface area contributed by atoms with Gasteiger partial charge in [-0.1, -0.05) is 6.07 Å². The highest BCUT2D eigenvalue weighted by Crippen LogP contribution is 2.36. The maximum Gasteiger partial charge on any atom is 0.343 e. The topological polar surface area (TPSA) is 86.7 Å². The number of carbonyl (C=O) groups is 3. The fourth-order valence-corrected chi connectivity index (χ4v) is 3.01. The molecule has 8 heteroatoms. The Labute approximate surface area is 130 Å². The molecule has 0 spiro atoms. The van der Waals surface area contributed by atoms with Gasteiger partial charge in [-0.05, 0) is 17.7 Å². The van der Waals surface area contributed by atoms with Gasteiger partial charge in [0.2, 0.25) is 17.5 Å². The first-order valence-corrected chi connectivity index (χ1v) is 7.10. The number of halogens is 2. The Kier molecular flexibility index (Phi) is 3.54. The van der Waals surface area contributed by atoms with Crippen molar-refractivity contribution in [3.05, 3.63) is 29.6 Å². The SMILES string of the molecule is O=C1CC(C(=O)N2CCC(F)(C(=O)O)C2)c2ccc(F)cc2N1. The molecule has 2 N–H and O–H groups in total. The van der Waals surface area contributed by atoms with E-state index in [1.807, 2.05) is 0 Å². The normalized spacial score (nSPS) is 26.6. The van der Waals surface area contributed by atoms with Crippen LogP contribution in [0.3, 0.4) is 0 Å². The molecule has 1 saturated heterocycles. The maximum atomic E-state index is 14.1. The number of amides is 2. The van der Waals surface area contributed by atoms with Crippen molar-refractivity contribution in [3.8, 4) is 0 Å². The molecule has 2 amide bonds. The molecule has 0 aromatic heterocycles. The van der Waals surface area contributed by atoms with Crippen molar-refractivity contribution in [2.24, 2.45) is 0 Å². The third-order valence-electron chi connectivity index (χ3n) is 4.27. The van der Waals surface area contributed by atoms with Crippen molar-refractivity contribution < 1.29 is 28.3 Å². The summed E-state index contributed by atoms with van der Waals surface area (Å²) in [7, 11) is 0. The van der Waals surface area contributed by atoms with Gasteiger partial charge in [0.15, 0.2) is 0 Å². The van der Waals surface area contributed by atoms with E-state index in [4.69, 9.17) is 5.11 Å².